The first-order chi connectivity index (χ1) is 11.1. The summed E-state index contributed by atoms with van der Waals surface area (Å²) in [6.45, 7) is 1.94. The van der Waals surface area contributed by atoms with Gasteiger partial charge in [-0.1, -0.05) is 0 Å². The Balaban J connectivity index is 1.59. The Morgan fingerprint density at radius 2 is 2.30 bits per heavy atom. The van der Waals surface area contributed by atoms with Crippen molar-refractivity contribution in [1.29, 1.82) is 0 Å². The fourth-order valence-electron chi connectivity index (χ4n) is 3.55. The van der Waals surface area contributed by atoms with Crippen LogP contribution < -0.4 is 10.9 Å². The number of H-pyrrole nitrogens is 2. The highest BCUT2D eigenvalue weighted by Crippen LogP contribution is 2.48. The molecule has 3 N–H and O–H groups in total. The highest BCUT2D eigenvalue weighted by molar-refractivity contribution is 7.22. The van der Waals surface area contributed by atoms with Crippen LogP contribution in [0.2, 0.25) is 0 Å². The van der Waals surface area contributed by atoms with Gasteiger partial charge in [0.05, 0.1) is 17.8 Å². The Morgan fingerprint density at radius 1 is 1.43 bits per heavy atom. The lowest BCUT2D eigenvalue weighted by Crippen LogP contribution is -2.67. The van der Waals surface area contributed by atoms with Gasteiger partial charge in [-0.3, -0.25) is 9.89 Å². The second-order valence-corrected chi connectivity index (χ2v) is 7.32. The van der Waals surface area contributed by atoms with Crippen molar-refractivity contribution in [3.05, 3.63) is 34.1 Å². The van der Waals surface area contributed by atoms with Crippen LogP contribution in [0.1, 0.15) is 24.0 Å². The maximum Gasteiger partial charge on any atom is 0.268 e. The number of aromatic amines is 2. The molecule has 23 heavy (non-hydrogen) atoms. The zero-order valence-corrected chi connectivity index (χ0v) is 13.1. The number of aryl methyl sites for hydroxylation is 1. The van der Waals surface area contributed by atoms with E-state index in [9.17, 15) is 9.18 Å². The predicted molar refractivity (Wildman–Crippen MR) is 85.2 cm³/mol. The number of nitrogens with one attached hydrogen (secondary N) is 3. The number of nitrogens with zero attached hydrogens (tertiary/aromatic N) is 2. The molecule has 1 saturated heterocycles. The molecule has 0 bridgehead atoms. The molecule has 3 aromatic heterocycles. The molecule has 1 saturated carbocycles. The maximum absolute atomic E-state index is 13.6. The highest BCUT2D eigenvalue weighted by Gasteiger charge is 2.55. The Hall–Kier alpha value is -2.06. The summed E-state index contributed by atoms with van der Waals surface area (Å²) in [6, 6.07) is 1.96. The van der Waals surface area contributed by atoms with E-state index in [0.29, 0.717) is 22.5 Å². The van der Waals surface area contributed by atoms with Crippen LogP contribution in [-0.4, -0.2) is 32.4 Å². The molecule has 2 fully saturated rings. The van der Waals surface area contributed by atoms with E-state index in [1.807, 2.05) is 13.0 Å². The second kappa shape index (κ2) is 4.48. The molecule has 0 aromatic carbocycles. The van der Waals surface area contributed by atoms with E-state index in [-0.39, 0.29) is 23.6 Å². The molecular weight excluding hydrogens is 317 g/mol. The number of piperidine rings is 1. The number of thiophene rings is 1. The summed E-state index contributed by atoms with van der Waals surface area (Å²) in [5.41, 5.74) is 2.41. The van der Waals surface area contributed by atoms with E-state index in [2.05, 4.69) is 25.5 Å². The van der Waals surface area contributed by atoms with Crippen LogP contribution in [0.3, 0.4) is 0 Å². The van der Waals surface area contributed by atoms with Crippen LogP contribution in [0.4, 0.5) is 4.39 Å². The Morgan fingerprint density at radius 3 is 3.00 bits per heavy atom. The molecule has 1 aliphatic heterocycles. The Kier molecular flexibility index (Phi) is 2.61. The van der Waals surface area contributed by atoms with Crippen LogP contribution in [0.15, 0.2) is 17.1 Å². The van der Waals surface area contributed by atoms with Gasteiger partial charge in [-0.05, 0) is 19.4 Å². The quantitative estimate of drug-likeness (QED) is 0.671. The number of aromatic nitrogens is 4. The van der Waals surface area contributed by atoms with Crippen LogP contribution in [0, 0.1) is 12.8 Å². The standard InChI is InChI=1S/C15H14FN5OS/c1-5-6(4-17-21-5)10-3-9-13(23-10)15(22)20-14(19-9)12-11-7(16)2-8(11)18-12/h3-4,7-8,11-12,18H,2H2,1H3,(H,17,21)(H,19,20,22). The van der Waals surface area contributed by atoms with Crippen molar-refractivity contribution in [2.75, 3.05) is 0 Å². The highest BCUT2D eigenvalue weighted by atomic mass is 32.1. The number of hydrogen-bond acceptors (Lipinski definition) is 5. The van der Waals surface area contributed by atoms with Gasteiger partial charge in [-0.25, -0.2) is 9.37 Å². The van der Waals surface area contributed by atoms with Gasteiger partial charge in [-0.15, -0.1) is 11.3 Å². The van der Waals surface area contributed by atoms with Crippen molar-refractivity contribution in [1.82, 2.24) is 25.5 Å². The Labute approximate surface area is 134 Å². The minimum absolute atomic E-state index is 0.0511. The molecular formula is C15H14FN5OS. The number of halogens is 1. The smallest absolute Gasteiger partial charge is 0.268 e. The summed E-state index contributed by atoms with van der Waals surface area (Å²) in [7, 11) is 0. The molecule has 5 rings (SSSR count). The molecule has 4 unspecified atom stereocenters. The van der Waals surface area contributed by atoms with Gasteiger partial charge in [0.25, 0.3) is 5.56 Å². The minimum atomic E-state index is -0.793. The average molecular weight is 331 g/mol. The number of rotatable bonds is 2. The first kappa shape index (κ1) is 13.4. The monoisotopic (exact) mass is 331 g/mol. The largest absolute Gasteiger partial charge is 0.308 e. The van der Waals surface area contributed by atoms with Gasteiger partial charge < -0.3 is 10.3 Å². The molecule has 118 valence electrons. The van der Waals surface area contributed by atoms with Gasteiger partial charge >= 0.3 is 0 Å². The average Bonchev–Trinajstić information content (AvgIpc) is 3.09. The van der Waals surface area contributed by atoms with Crippen molar-refractivity contribution in [2.45, 2.75) is 31.6 Å². The first-order valence-corrected chi connectivity index (χ1v) is 8.37. The van der Waals surface area contributed by atoms with Crippen LogP contribution in [-0.2, 0) is 0 Å². The summed E-state index contributed by atoms with van der Waals surface area (Å²) >= 11 is 1.40. The van der Waals surface area contributed by atoms with E-state index in [0.717, 1.165) is 16.1 Å². The second-order valence-electron chi connectivity index (χ2n) is 6.26. The van der Waals surface area contributed by atoms with E-state index in [1.54, 1.807) is 6.20 Å². The molecule has 4 heterocycles. The summed E-state index contributed by atoms with van der Waals surface area (Å²) in [5, 5.41) is 10.2. The van der Waals surface area contributed by atoms with Gasteiger partial charge in [0, 0.05) is 28.1 Å². The third-order valence-corrected chi connectivity index (χ3v) is 6.09. The predicted octanol–water partition coefficient (Wildman–Crippen LogP) is 2.05. The van der Waals surface area contributed by atoms with Gasteiger partial charge in [0.1, 0.15) is 16.7 Å². The van der Waals surface area contributed by atoms with Crippen molar-refractivity contribution in [3.63, 3.8) is 0 Å². The first-order valence-electron chi connectivity index (χ1n) is 7.56. The van der Waals surface area contributed by atoms with Gasteiger partial charge in [-0.2, -0.15) is 5.10 Å². The molecule has 8 heteroatoms. The molecule has 4 atom stereocenters. The van der Waals surface area contributed by atoms with Crippen LogP contribution in [0.5, 0.6) is 0 Å². The number of hydrogen-bond donors (Lipinski definition) is 3. The SMILES string of the molecule is Cc1[nH]ncc1-c1cc2nc(C3NC4CC(F)C43)[nH]c(=O)c2s1. The minimum Gasteiger partial charge on any atom is -0.308 e. The fourth-order valence-corrected chi connectivity index (χ4v) is 4.61. The molecule has 6 nitrogen and oxygen atoms in total. The van der Waals surface area contributed by atoms with Crippen LogP contribution >= 0.6 is 11.3 Å². The molecule has 1 aliphatic carbocycles. The third kappa shape index (κ3) is 1.79. The van der Waals surface area contributed by atoms with Crippen molar-refractivity contribution < 1.29 is 4.39 Å². The summed E-state index contributed by atoms with van der Waals surface area (Å²) in [4.78, 5) is 20.7. The van der Waals surface area contributed by atoms with Gasteiger partial charge in [0.15, 0.2) is 0 Å². The van der Waals surface area contributed by atoms with Gasteiger partial charge in [0.2, 0.25) is 0 Å². The van der Waals surface area contributed by atoms with Crippen molar-refractivity contribution in [2.24, 2.45) is 5.92 Å². The molecule has 2 aliphatic rings. The van der Waals surface area contributed by atoms with E-state index < -0.39 is 6.17 Å². The topological polar surface area (TPSA) is 86.5 Å². The van der Waals surface area contributed by atoms with Crippen LogP contribution in [0.25, 0.3) is 20.7 Å². The van der Waals surface area contributed by atoms with E-state index in [1.165, 1.54) is 11.3 Å². The lowest BCUT2D eigenvalue weighted by Gasteiger charge is -2.55. The normalized spacial score (nSPS) is 29.1. The van der Waals surface area contributed by atoms with Crippen molar-refractivity contribution >= 4 is 21.6 Å². The fraction of sp³-hybridized carbons (Fsp3) is 0.400. The molecule has 0 spiro atoms. The summed E-state index contributed by atoms with van der Waals surface area (Å²) in [5.74, 6) is 0.490. The van der Waals surface area contributed by atoms with E-state index in [4.69, 9.17) is 0 Å². The van der Waals surface area contributed by atoms with E-state index >= 15 is 0 Å². The Bertz CT molecular complexity index is 972. The lowest BCUT2D eigenvalue weighted by atomic mass is 9.65. The molecule has 0 amide bonds. The summed E-state index contributed by atoms with van der Waals surface area (Å²) in [6.07, 6.45) is 1.52. The van der Waals surface area contributed by atoms with Crippen molar-refractivity contribution in [3.8, 4) is 10.4 Å². The summed E-state index contributed by atoms with van der Waals surface area (Å²) < 4.78 is 14.2. The maximum atomic E-state index is 13.6. The zero-order chi connectivity index (χ0) is 15.7. The molecule has 0 radical (unpaired) electrons. The number of alkyl halides is 1. The zero-order valence-electron chi connectivity index (χ0n) is 12.3. The lowest BCUT2D eigenvalue weighted by molar-refractivity contribution is -0.0528. The number of fused-ring (bicyclic) bond motifs is 2. The molecule has 3 aromatic rings. The third-order valence-electron chi connectivity index (χ3n) is 4.93.